The molecular formula is C14H13ClN2O3S. The molecule has 0 spiro atoms. The van der Waals surface area contributed by atoms with Crippen LogP contribution in [0.2, 0.25) is 5.02 Å². The smallest absolute Gasteiger partial charge is 0.270 e. The first-order valence-corrected chi connectivity index (χ1v) is 7.76. The summed E-state index contributed by atoms with van der Waals surface area (Å²) in [5.74, 6) is 0.182. The molecule has 110 valence electrons. The lowest BCUT2D eigenvalue weighted by Crippen LogP contribution is -2.02. The zero-order chi connectivity index (χ0) is 15.6. The van der Waals surface area contributed by atoms with Crippen molar-refractivity contribution >= 4 is 33.8 Å². The number of hydrogen-bond donors (Lipinski definition) is 1. The molecule has 0 heterocycles. The van der Waals surface area contributed by atoms with E-state index in [1.807, 2.05) is 0 Å². The van der Waals surface area contributed by atoms with Gasteiger partial charge >= 0.3 is 0 Å². The molecule has 0 aliphatic carbocycles. The van der Waals surface area contributed by atoms with Crippen LogP contribution in [-0.2, 0) is 16.6 Å². The van der Waals surface area contributed by atoms with Gasteiger partial charge in [-0.1, -0.05) is 17.7 Å². The molecule has 1 unspecified atom stereocenters. The van der Waals surface area contributed by atoms with E-state index in [1.54, 1.807) is 25.1 Å². The van der Waals surface area contributed by atoms with Gasteiger partial charge in [0.2, 0.25) is 0 Å². The average Bonchev–Trinajstić information content (AvgIpc) is 2.43. The van der Waals surface area contributed by atoms with Crippen LogP contribution in [-0.4, -0.2) is 9.13 Å². The van der Waals surface area contributed by atoms with Crippen molar-refractivity contribution in [3.63, 3.8) is 0 Å². The zero-order valence-electron chi connectivity index (χ0n) is 11.2. The number of nitro groups is 1. The fourth-order valence-electron chi connectivity index (χ4n) is 1.86. The van der Waals surface area contributed by atoms with Gasteiger partial charge in [-0.25, -0.2) is 0 Å². The predicted octanol–water partition coefficient (Wildman–Crippen LogP) is 3.45. The maximum absolute atomic E-state index is 12.4. The van der Waals surface area contributed by atoms with Crippen molar-refractivity contribution < 1.29 is 9.13 Å². The molecule has 2 N–H and O–H groups in total. The van der Waals surface area contributed by atoms with E-state index in [1.165, 1.54) is 18.2 Å². The van der Waals surface area contributed by atoms with Crippen molar-refractivity contribution in [3.05, 3.63) is 62.7 Å². The number of anilines is 1. The van der Waals surface area contributed by atoms with Crippen molar-refractivity contribution in [2.45, 2.75) is 17.6 Å². The Labute approximate surface area is 129 Å². The second-order valence-corrected chi connectivity index (χ2v) is 6.32. The Morgan fingerprint density at radius 1 is 1.33 bits per heavy atom. The Morgan fingerprint density at radius 3 is 2.67 bits per heavy atom. The Bertz CT molecular complexity index is 734. The molecule has 0 bridgehead atoms. The van der Waals surface area contributed by atoms with Gasteiger partial charge in [0.15, 0.2) is 0 Å². The van der Waals surface area contributed by atoms with E-state index in [-0.39, 0.29) is 16.5 Å². The summed E-state index contributed by atoms with van der Waals surface area (Å²) >= 11 is 6.01. The van der Waals surface area contributed by atoms with Crippen molar-refractivity contribution in [2.24, 2.45) is 0 Å². The minimum absolute atomic E-state index is 0.0883. The van der Waals surface area contributed by atoms with Crippen molar-refractivity contribution in [1.29, 1.82) is 0 Å². The van der Waals surface area contributed by atoms with E-state index < -0.39 is 15.7 Å². The number of nitrogens with two attached hydrogens (primary N) is 1. The van der Waals surface area contributed by atoms with Gasteiger partial charge in [-0.3, -0.25) is 14.3 Å². The van der Waals surface area contributed by atoms with Crippen LogP contribution in [0, 0.1) is 17.0 Å². The van der Waals surface area contributed by atoms with E-state index >= 15 is 0 Å². The van der Waals surface area contributed by atoms with E-state index in [9.17, 15) is 14.3 Å². The second kappa shape index (κ2) is 6.24. The first-order valence-electron chi connectivity index (χ1n) is 6.06. The third kappa shape index (κ3) is 3.40. The quantitative estimate of drug-likeness (QED) is 0.530. The van der Waals surface area contributed by atoms with Crippen LogP contribution in [0.15, 0.2) is 41.3 Å². The van der Waals surface area contributed by atoms with Gasteiger partial charge in [0, 0.05) is 22.7 Å². The predicted molar refractivity (Wildman–Crippen MR) is 83.8 cm³/mol. The molecule has 21 heavy (non-hydrogen) atoms. The Hall–Kier alpha value is -1.92. The summed E-state index contributed by atoms with van der Waals surface area (Å²) < 4.78 is 12.4. The molecule has 0 saturated carbocycles. The lowest BCUT2D eigenvalue weighted by Gasteiger charge is -2.09. The minimum Gasteiger partial charge on any atom is -0.398 e. The molecule has 0 aliphatic rings. The molecular weight excluding hydrogens is 312 g/mol. The van der Waals surface area contributed by atoms with Gasteiger partial charge in [0.05, 0.1) is 26.5 Å². The number of hydrogen-bond acceptors (Lipinski definition) is 4. The molecule has 2 aromatic rings. The van der Waals surface area contributed by atoms with Crippen LogP contribution in [0.3, 0.4) is 0 Å². The third-order valence-electron chi connectivity index (χ3n) is 3.11. The van der Waals surface area contributed by atoms with Gasteiger partial charge in [-0.2, -0.15) is 0 Å². The first kappa shape index (κ1) is 15.5. The number of nitrogen functional groups attached to an aromatic ring is 1. The summed E-state index contributed by atoms with van der Waals surface area (Å²) in [6, 6.07) is 9.38. The van der Waals surface area contributed by atoms with E-state index in [0.29, 0.717) is 16.1 Å². The van der Waals surface area contributed by atoms with Crippen LogP contribution < -0.4 is 5.73 Å². The fraction of sp³-hybridized carbons (Fsp3) is 0.143. The van der Waals surface area contributed by atoms with Gasteiger partial charge < -0.3 is 5.73 Å². The lowest BCUT2D eigenvalue weighted by molar-refractivity contribution is -0.384. The topological polar surface area (TPSA) is 86.2 Å². The lowest BCUT2D eigenvalue weighted by atomic mass is 10.2. The van der Waals surface area contributed by atoms with Crippen LogP contribution in [0.5, 0.6) is 0 Å². The van der Waals surface area contributed by atoms with Crippen LogP contribution >= 0.6 is 11.6 Å². The van der Waals surface area contributed by atoms with E-state index in [4.69, 9.17) is 17.3 Å². The van der Waals surface area contributed by atoms with Gasteiger partial charge in [-0.15, -0.1) is 0 Å². The summed E-state index contributed by atoms with van der Waals surface area (Å²) in [4.78, 5) is 10.8. The number of benzene rings is 2. The van der Waals surface area contributed by atoms with E-state index in [0.717, 1.165) is 5.56 Å². The summed E-state index contributed by atoms with van der Waals surface area (Å²) in [5, 5.41) is 10.9. The van der Waals surface area contributed by atoms with E-state index in [2.05, 4.69) is 0 Å². The molecule has 0 amide bonds. The highest BCUT2D eigenvalue weighted by Crippen LogP contribution is 2.26. The monoisotopic (exact) mass is 324 g/mol. The first-order chi connectivity index (χ1) is 9.90. The number of nitrogens with zero attached hydrogens (tertiary/aromatic N) is 1. The summed E-state index contributed by atoms with van der Waals surface area (Å²) in [6.45, 7) is 1.81. The number of nitro benzene ring substituents is 1. The second-order valence-electron chi connectivity index (χ2n) is 4.49. The van der Waals surface area contributed by atoms with Gasteiger partial charge in [0.1, 0.15) is 0 Å². The van der Waals surface area contributed by atoms with Crippen LogP contribution in [0.25, 0.3) is 0 Å². The van der Waals surface area contributed by atoms with Crippen LogP contribution in [0.4, 0.5) is 11.4 Å². The largest absolute Gasteiger partial charge is 0.398 e. The SMILES string of the molecule is Cc1c(N)cccc1S(=O)Cc1ccc([N+](=O)[O-])cc1Cl. The molecule has 1 atom stereocenters. The normalized spacial score (nSPS) is 12.1. The molecule has 0 fully saturated rings. The standard InChI is InChI=1S/C14H13ClN2O3S/c1-9-13(16)3-2-4-14(9)21(20)8-10-5-6-11(17(18)19)7-12(10)15/h2-7H,8,16H2,1H3. The average molecular weight is 325 g/mol. The highest BCUT2D eigenvalue weighted by molar-refractivity contribution is 7.84. The van der Waals surface area contributed by atoms with Gasteiger partial charge in [0.25, 0.3) is 5.69 Å². The maximum atomic E-state index is 12.4. The number of non-ortho nitro benzene ring substituents is 1. The molecule has 0 aromatic heterocycles. The summed E-state index contributed by atoms with van der Waals surface area (Å²) in [5.41, 5.74) is 7.66. The van der Waals surface area contributed by atoms with Gasteiger partial charge in [-0.05, 0) is 36.2 Å². The molecule has 0 radical (unpaired) electrons. The fourth-order valence-corrected chi connectivity index (χ4v) is 3.56. The summed E-state index contributed by atoms with van der Waals surface area (Å²) in [6.07, 6.45) is 0. The van der Waals surface area contributed by atoms with Crippen LogP contribution in [0.1, 0.15) is 11.1 Å². The molecule has 7 heteroatoms. The molecule has 2 rings (SSSR count). The Morgan fingerprint density at radius 2 is 2.05 bits per heavy atom. The highest BCUT2D eigenvalue weighted by Gasteiger charge is 2.14. The van der Waals surface area contributed by atoms with Crippen molar-refractivity contribution in [2.75, 3.05) is 5.73 Å². The third-order valence-corrected chi connectivity index (χ3v) is 4.96. The highest BCUT2D eigenvalue weighted by atomic mass is 35.5. The summed E-state index contributed by atoms with van der Waals surface area (Å²) in [7, 11) is -1.32. The molecule has 2 aromatic carbocycles. The number of rotatable bonds is 4. The molecule has 5 nitrogen and oxygen atoms in total. The molecule has 0 aliphatic heterocycles. The van der Waals surface area contributed by atoms with Crippen molar-refractivity contribution in [1.82, 2.24) is 0 Å². The zero-order valence-corrected chi connectivity index (χ0v) is 12.8. The Kier molecular flexibility index (Phi) is 4.59. The minimum atomic E-state index is -1.32. The Balaban J connectivity index is 2.28. The molecule has 0 saturated heterocycles. The maximum Gasteiger partial charge on any atom is 0.270 e. The van der Waals surface area contributed by atoms with Crippen molar-refractivity contribution in [3.8, 4) is 0 Å². The number of halogens is 1.